The maximum atomic E-state index is 13.5. The van der Waals surface area contributed by atoms with E-state index in [9.17, 15) is 4.39 Å². The standard InChI is InChI=1S/C14H20BrFN2O/c15-14-11(6-2-7-12(14)16)13(18-17)8-1-4-10-5-3-9-19-10/h2,6-7,10,13,18H,1,3-5,8-9,17H2. The Morgan fingerprint density at radius 2 is 2.37 bits per heavy atom. The van der Waals surface area contributed by atoms with Crippen LogP contribution in [0.3, 0.4) is 0 Å². The SMILES string of the molecule is NNC(CCCC1CCCO1)c1cccc(F)c1Br. The van der Waals surface area contributed by atoms with Gasteiger partial charge < -0.3 is 4.74 Å². The molecule has 19 heavy (non-hydrogen) atoms. The summed E-state index contributed by atoms with van der Waals surface area (Å²) in [5, 5.41) is 0. The van der Waals surface area contributed by atoms with Gasteiger partial charge in [-0.1, -0.05) is 12.1 Å². The van der Waals surface area contributed by atoms with Crippen molar-refractivity contribution in [3.05, 3.63) is 34.1 Å². The predicted molar refractivity (Wildman–Crippen MR) is 77.0 cm³/mol. The molecule has 0 aromatic heterocycles. The lowest BCUT2D eigenvalue weighted by Crippen LogP contribution is -2.28. The van der Waals surface area contributed by atoms with E-state index in [4.69, 9.17) is 10.6 Å². The van der Waals surface area contributed by atoms with Gasteiger partial charge in [-0.15, -0.1) is 0 Å². The Morgan fingerprint density at radius 1 is 1.53 bits per heavy atom. The smallest absolute Gasteiger partial charge is 0.137 e. The molecule has 0 spiro atoms. The minimum absolute atomic E-state index is 0.0357. The Morgan fingerprint density at radius 3 is 3.05 bits per heavy atom. The summed E-state index contributed by atoms with van der Waals surface area (Å²) in [6.45, 7) is 0.888. The Balaban J connectivity index is 1.90. The molecule has 1 fully saturated rings. The summed E-state index contributed by atoms with van der Waals surface area (Å²) in [4.78, 5) is 0. The van der Waals surface area contributed by atoms with Crippen molar-refractivity contribution in [1.82, 2.24) is 5.43 Å². The number of benzene rings is 1. The molecule has 1 aromatic rings. The molecule has 0 radical (unpaired) electrons. The van der Waals surface area contributed by atoms with Gasteiger partial charge in [0.05, 0.1) is 10.6 Å². The summed E-state index contributed by atoms with van der Waals surface area (Å²) >= 11 is 3.28. The van der Waals surface area contributed by atoms with E-state index < -0.39 is 0 Å². The molecule has 0 amide bonds. The molecule has 1 heterocycles. The van der Waals surface area contributed by atoms with Crippen LogP contribution in [0.15, 0.2) is 22.7 Å². The van der Waals surface area contributed by atoms with Gasteiger partial charge in [-0.2, -0.15) is 0 Å². The maximum absolute atomic E-state index is 13.5. The Kier molecular flexibility index (Phi) is 5.76. The molecule has 1 aliphatic rings. The van der Waals surface area contributed by atoms with Crippen LogP contribution in [0.2, 0.25) is 0 Å². The topological polar surface area (TPSA) is 47.3 Å². The third kappa shape index (κ3) is 3.99. The highest BCUT2D eigenvalue weighted by molar-refractivity contribution is 9.10. The third-order valence-electron chi connectivity index (χ3n) is 3.60. The van der Waals surface area contributed by atoms with Crippen LogP contribution in [0.1, 0.15) is 43.7 Å². The number of ether oxygens (including phenoxy) is 1. The second-order valence-corrected chi connectivity index (χ2v) is 5.72. The van der Waals surface area contributed by atoms with Crippen molar-refractivity contribution in [3.63, 3.8) is 0 Å². The van der Waals surface area contributed by atoms with Gasteiger partial charge in [0.15, 0.2) is 0 Å². The van der Waals surface area contributed by atoms with Crippen LogP contribution in [-0.2, 0) is 4.74 Å². The zero-order chi connectivity index (χ0) is 13.7. The van der Waals surface area contributed by atoms with Crippen LogP contribution in [-0.4, -0.2) is 12.7 Å². The fraction of sp³-hybridized carbons (Fsp3) is 0.571. The van der Waals surface area contributed by atoms with Crippen molar-refractivity contribution >= 4 is 15.9 Å². The van der Waals surface area contributed by atoms with Crippen molar-refractivity contribution in [2.45, 2.75) is 44.2 Å². The number of hydrogen-bond acceptors (Lipinski definition) is 3. The highest BCUT2D eigenvalue weighted by atomic mass is 79.9. The molecule has 2 rings (SSSR count). The van der Waals surface area contributed by atoms with E-state index in [2.05, 4.69) is 21.4 Å². The highest BCUT2D eigenvalue weighted by Crippen LogP contribution is 2.29. The van der Waals surface area contributed by atoms with E-state index in [1.54, 1.807) is 6.07 Å². The first-order chi connectivity index (χ1) is 9.22. The predicted octanol–water partition coefficient (Wildman–Crippen LogP) is 3.44. The number of rotatable bonds is 6. The lowest BCUT2D eigenvalue weighted by Gasteiger charge is -2.19. The number of hydrogen-bond donors (Lipinski definition) is 2. The van der Waals surface area contributed by atoms with E-state index in [1.807, 2.05) is 6.07 Å². The summed E-state index contributed by atoms with van der Waals surface area (Å²) in [7, 11) is 0. The van der Waals surface area contributed by atoms with E-state index >= 15 is 0 Å². The van der Waals surface area contributed by atoms with Gasteiger partial charge >= 0.3 is 0 Å². The summed E-state index contributed by atoms with van der Waals surface area (Å²) in [5.41, 5.74) is 3.64. The zero-order valence-corrected chi connectivity index (χ0v) is 12.5. The van der Waals surface area contributed by atoms with Crippen molar-refractivity contribution in [2.75, 3.05) is 6.61 Å². The fourth-order valence-corrected chi connectivity index (χ4v) is 3.08. The van der Waals surface area contributed by atoms with Gasteiger partial charge in [-0.3, -0.25) is 11.3 Å². The Bertz CT molecular complexity index is 410. The van der Waals surface area contributed by atoms with Gasteiger partial charge in [0.1, 0.15) is 5.82 Å². The second-order valence-electron chi connectivity index (χ2n) is 4.93. The first-order valence-corrected chi connectivity index (χ1v) is 7.53. The highest BCUT2D eigenvalue weighted by Gasteiger charge is 2.18. The Labute approximate surface area is 121 Å². The number of halogens is 2. The number of nitrogens with one attached hydrogen (secondary N) is 1. The molecule has 0 aliphatic carbocycles. The number of nitrogens with two attached hydrogens (primary N) is 1. The van der Waals surface area contributed by atoms with Crippen molar-refractivity contribution in [3.8, 4) is 0 Å². The lowest BCUT2D eigenvalue weighted by atomic mass is 9.99. The molecule has 3 nitrogen and oxygen atoms in total. The minimum atomic E-state index is -0.253. The largest absolute Gasteiger partial charge is 0.378 e. The molecule has 3 N–H and O–H groups in total. The summed E-state index contributed by atoms with van der Waals surface area (Å²) < 4.78 is 19.6. The third-order valence-corrected chi connectivity index (χ3v) is 4.44. The van der Waals surface area contributed by atoms with Crippen molar-refractivity contribution < 1.29 is 9.13 Å². The molecular weight excluding hydrogens is 311 g/mol. The van der Waals surface area contributed by atoms with E-state index in [0.717, 1.165) is 37.9 Å². The molecule has 1 aromatic carbocycles. The molecule has 1 saturated heterocycles. The minimum Gasteiger partial charge on any atom is -0.378 e. The lowest BCUT2D eigenvalue weighted by molar-refractivity contribution is 0.101. The van der Waals surface area contributed by atoms with E-state index in [-0.39, 0.29) is 11.9 Å². The second kappa shape index (κ2) is 7.33. The van der Waals surface area contributed by atoms with E-state index in [1.165, 1.54) is 12.5 Å². The van der Waals surface area contributed by atoms with Crippen LogP contribution in [0.5, 0.6) is 0 Å². The fourth-order valence-electron chi connectivity index (χ4n) is 2.54. The van der Waals surface area contributed by atoms with Gasteiger partial charge in [0.2, 0.25) is 0 Å². The van der Waals surface area contributed by atoms with Crippen LogP contribution in [0.4, 0.5) is 4.39 Å². The van der Waals surface area contributed by atoms with Gasteiger partial charge in [0, 0.05) is 12.6 Å². The summed E-state index contributed by atoms with van der Waals surface area (Å²) in [6.07, 6.45) is 5.66. The van der Waals surface area contributed by atoms with Crippen LogP contribution in [0.25, 0.3) is 0 Å². The molecule has 1 aliphatic heterocycles. The first-order valence-electron chi connectivity index (χ1n) is 6.74. The summed E-state index contributed by atoms with van der Waals surface area (Å²) in [6, 6.07) is 5.00. The van der Waals surface area contributed by atoms with Crippen LogP contribution >= 0.6 is 15.9 Å². The average molecular weight is 331 g/mol. The number of hydrazine groups is 1. The molecule has 0 saturated carbocycles. The van der Waals surface area contributed by atoms with Crippen LogP contribution in [0, 0.1) is 5.82 Å². The normalized spacial score (nSPS) is 20.7. The van der Waals surface area contributed by atoms with Gasteiger partial charge in [-0.05, 0) is 59.7 Å². The molecule has 2 atom stereocenters. The average Bonchev–Trinajstić information content (AvgIpc) is 2.92. The Hall–Kier alpha value is -0.490. The maximum Gasteiger partial charge on any atom is 0.137 e. The van der Waals surface area contributed by atoms with Crippen molar-refractivity contribution in [1.29, 1.82) is 0 Å². The van der Waals surface area contributed by atoms with Gasteiger partial charge in [-0.25, -0.2) is 4.39 Å². The molecule has 2 unspecified atom stereocenters. The molecular formula is C14H20BrFN2O. The van der Waals surface area contributed by atoms with E-state index in [0.29, 0.717) is 10.6 Å². The quantitative estimate of drug-likeness (QED) is 0.620. The molecule has 5 heteroatoms. The van der Waals surface area contributed by atoms with Gasteiger partial charge in [0.25, 0.3) is 0 Å². The zero-order valence-electron chi connectivity index (χ0n) is 10.9. The monoisotopic (exact) mass is 330 g/mol. The molecule has 0 bridgehead atoms. The first kappa shape index (κ1) is 14.9. The summed E-state index contributed by atoms with van der Waals surface area (Å²) in [5.74, 6) is 5.34. The molecule has 106 valence electrons. The van der Waals surface area contributed by atoms with Crippen LogP contribution < -0.4 is 11.3 Å². The van der Waals surface area contributed by atoms with Crippen molar-refractivity contribution in [2.24, 2.45) is 5.84 Å².